The first-order valence-electron chi connectivity index (χ1n) is 5.85. The van der Waals surface area contributed by atoms with Gasteiger partial charge in [-0.15, -0.1) is 11.3 Å². The maximum Gasteiger partial charge on any atom is 0.0943 e. The fourth-order valence-corrected chi connectivity index (χ4v) is 2.91. The highest BCUT2D eigenvalue weighted by Crippen LogP contribution is 2.30. The van der Waals surface area contributed by atoms with E-state index in [-0.39, 0.29) is 0 Å². The fraction of sp³-hybridized carbons (Fsp3) is 0.357. The summed E-state index contributed by atoms with van der Waals surface area (Å²) in [5, 5.41) is 1.13. The highest BCUT2D eigenvalue weighted by atomic mass is 32.1. The third kappa shape index (κ3) is 2.56. The van der Waals surface area contributed by atoms with E-state index in [1.54, 1.807) is 11.3 Å². The molecule has 0 aliphatic carbocycles. The Hall–Kier alpha value is -1.19. The van der Waals surface area contributed by atoms with Gasteiger partial charge in [0, 0.05) is 12.6 Å². The third-order valence-electron chi connectivity index (χ3n) is 3.02. The van der Waals surface area contributed by atoms with Crippen LogP contribution < -0.4 is 5.73 Å². The molecule has 3 heteroatoms. The smallest absolute Gasteiger partial charge is 0.0943 e. The second-order valence-corrected chi connectivity index (χ2v) is 5.52. The molecule has 0 aliphatic rings. The van der Waals surface area contributed by atoms with Crippen LogP contribution in [0.4, 0.5) is 0 Å². The van der Waals surface area contributed by atoms with Crippen molar-refractivity contribution in [1.82, 2.24) is 4.98 Å². The Labute approximate surface area is 107 Å². The molecule has 0 aliphatic heterocycles. The van der Waals surface area contributed by atoms with Crippen molar-refractivity contribution in [2.24, 2.45) is 5.73 Å². The van der Waals surface area contributed by atoms with Crippen molar-refractivity contribution in [1.29, 1.82) is 0 Å². The normalized spacial score (nSPS) is 10.8. The van der Waals surface area contributed by atoms with Gasteiger partial charge in [-0.25, -0.2) is 4.98 Å². The highest BCUT2D eigenvalue weighted by Gasteiger charge is 2.08. The Morgan fingerprint density at radius 1 is 1.12 bits per heavy atom. The lowest BCUT2D eigenvalue weighted by Crippen LogP contribution is -2.01. The van der Waals surface area contributed by atoms with Crippen LogP contribution in [0.15, 0.2) is 18.3 Å². The summed E-state index contributed by atoms with van der Waals surface area (Å²) in [6.45, 7) is 7.13. The van der Waals surface area contributed by atoms with Gasteiger partial charge in [0.25, 0.3) is 0 Å². The molecule has 0 saturated carbocycles. The van der Waals surface area contributed by atoms with Gasteiger partial charge in [0.2, 0.25) is 0 Å². The first-order valence-corrected chi connectivity index (χ1v) is 6.66. The average Bonchev–Trinajstić information content (AvgIpc) is 2.72. The van der Waals surface area contributed by atoms with Gasteiger partial charge in [0.05, 0.1) is 9.88 Å². The Balaban J connectivity index is 2.41. The predicted molar refractivity (Wildman–Crippen MR) is 74.5 cm³/mol. The number of hydrogen-bond donors (Lipinski definition) is 1. The van der Waals surface area contributed by atoms with Crippen LogP contribution in [0, 0.1) is 20.8 Å². The van der Waals surface area contributed by atoms with E-state index in [1.807, 2.05) is 6.20 Å². The van der Waals surface area contributed by atoms with E-state index >= 15 is 0 Å². The van der Waals surface area contributed by atoms with Crippen molar-refractivity contribution in [2.45, 2.75) is 27.2 Å². The summed E-state index contributed by atoms with van der Waals surface area (Å²) in [4.78, 5) is 5.66. The Morgan fingerprint density at radius 3 is 2.53 bits per heavy atom. The molecule has 2 rings (SSSR count). The summed E-state index contributed by atoms with van der Waals surface area (Å²) in [5.74, 6) is 0. The monoisotopic (exact) mass is 246 g/mol. The number of nitrogens with two attached hydrogens (primary N) is 1. The largest absolute Gasteiger partial charge is 0.330 e. The van der Waals surface area contributed by atoms with Crippen molar-refractivity contribution in [3.8, 4) is 10.4 Å². The molecular formula is C14H18N2S. The SMILES string of the molecule is Cc1cc(C)c(-c2cnc(CCN)s2)cc1C. The van der Waals surface area contributed by atoms with Gasteiger partial charge >= 0.3 is 0 Å². The average molecular weight is 246 g/mol. The summed E-state index contributed by atoms with van der Waals surface area (Å²) < 4.78 is 0. The summed E-state index contributed by atoms with van der Waals surface area (Å²) in [6, 6.07) is 4.50. The van der Waals surface area contributed by atoms with E-state index in [9.17, 15) is 0 Å². The van der Waals surface area contributed by atoms with Crippen molar-refractivity contribution in [2.75, 3.05) is 6.54 Å². The van der Waals surface area contributed by atoms with E-state index in [0.29, 0.717) is 6.54 Å². The number of aryl methyl sites for hydroxylation is 3. The first-order chi connectivity index (χ1) is 8.11. The lowest BCUT2D eigenvalue weighted by atomic mass is 10.0. The summed E-state index contributed by atoms with van der Waals surface area (Å²) in [7, 11) is 0. The zero-order valence-corrected chi connectivity index (χ0v) is 11.4. The van der Waals surface area contributed by atoms with E-state index in [4.69, 9.17) is 5.73 Å². The van der Waals surface area contributed by atoms with Crippen LogP contribution in [0.5, 0.6) is 0 Å². The standard InChI is InChI=1S/C14H18N2S/c1-9-6-11(3)12(7-10(9)2)13-8-16-14(17-13)4-5-15/h6-8H,4-5,15H2,1-3H3. The van der Waals surface area contributed by atoms with Crippen molar-refractivity contribution >= 4 is 11.3 Å². The van der Waals surface area contributed by atoms with Crippen molar-refractivity contribution in [3.63, 3.8) is 0 Å². The molecule has 0 unspecified atom stereocenters. The highest BCUT2D eigenvalue weighted by molar-refractivity contribution is 7.15. The van der Waals surface area contributed by atoms with Gasteiger partial charge < -0.3 is 5.73 Å². The Bertz CT molecular complexity index is 529. The van der Waals surface area contributed by atoms with Gasteiger partial charge in [-0.2, -0.15) is 0 Å². The van der Waals surface area contributed by atoms with E-state index in [0.717, 1.165) is 11.4 Å². The minimum atomic E-state index is 0.666. The number of aromatic nitrogens is 1. The van der Waals surface area contributed by atoms with Gasteiger partial charge in [-0.05, 0) is 49.6 Å². The van der Waals surface area contributed by atoms with Crippen LogP contribution in [0.3, 0.4) is 0 Å². The second-order valence-electron chi connectivity index (χ2n) is 4.41. The van der Waals surface area contributed by atoms with Crippen LogP contribution in [0.2, 0.25) is 0 Å². The Kier molecular flexibility index (Phi) is 3.60. The molecule has 2 aromatic rings. The molecule has 2 N–H and O–H groups in total. The number of benzene rings is 1. The van der Waals surface area contributed by atoms with Gasteiger partial charge in [-0.3, -0.25) is 0 Å². The lowest BCUT2D eigenvalue weighted by Gasteiger charge is -2.07. The molecule has 0 fully saturated rings. The zero-order chi connectivity index (χ0) is 12.4. The molecule has 0 saturated heterocycles. The molecule has 0 radical (unpaired) electrons. The van der Waals surface area contributed by atoms with Gasteiger partial charge in [0.1, 0.15) is 0 Å². The molecular weight excluding hydrogens is 228 g/mol. The number of hydrogen-bond acceptors (Lipinski definition) is 3. The van der Waals surface area contributed by atoms with Gasteiger partial charge in [0.15, 0.2) is 0 Å². The summed E-state index contributed by atoms with van der Waals surface area (Å²) >= 11 is 1.75. The van der Waals surface area contributed by atoms with Crippen molar-refractivity contribution in [3.05, 3.63) is 40.0 Å². The topological polar surface area (TPSA) is 38.9 Å². The first kappa shape index (κ1) is 12.3. The van der Waals surface area contributed by atoms with E-state index in [2.05, 4.69) is 37.9 Å². The maximum atomic E-state index is 5.55. The third-order valence-corrected chi connectivity index (χ3v) is 4.11. The molecule has 0 atom stereocenters. The van der Waals surface area contributed by atoms with Gasteiger partial charge in [-0.1, -0.05) is 12.1 Å². The fourth-order valence-electron chi connectivity index (χ4n) is 1.90. The minimum Gasteiger partial charge on any atom is -0.330 e. The number of nitrogens with zero attached hydrogens (tertiary/aromatic N) is 1. The zero-order valence-electron chi connectivity index (χ0n) is 10.6. The molecule has 90 valence electrons. The van der Waals surface area contributed by atoms with Crippen LogP contribution in [-0.4, -0.2) is 11.5 Å². The Morgan fingerprint density at radius 2 is 1.82 bits per heavy atom. The van der Waals surface area contributed by atoms with E-state index in [1.165, 1.54) is 27.1 Å². The molecule has 0 amide bonds. The van der Waals surface area contributed by atoms with Crippen LogP contribution in [-0.2, 0) is 6.42 Å². The molecule has 1 aromatic carbocycles. The molecule has 0 bridgehead atoms. The molecule has 2 nitrogen and oxygen atoms in total. The molecule has 0 spiro atoms. The van der Waals surface area contributed by atoms with Crippen LogP contribution >= 0.6 is 11.3 Å². The minimum absolute atomic E-state index is 0.666. The predicted octanol–water partition coefficient (Wildman–Crippen LogP) is 3.24. The number of rotatable bonds is 3. The van der Waals surface area contributed by atoms with E-state index < -0.39 is 0 Å². The quantitative estimate of drug-likeness (QED) is 0.903. The summed E-state index contributed by atoms with van der Waals surface area (Å²) in [6.07, 6.45) is 2.83. The maximum absolute atomic E-state index is 5.55. The number of thiazole rings is 1. The van der Waals surface area contributed by atoms with Crippen molar-refractivity contribution < 1.29 is 0 Å². The lowest BCUT2D eigenvalue weighted by molar-refractivity contribution is 0.953. The second kappa shape index (κ2) is 4.98. The van der Waals surface area contributed by atoms with Crippen LogP contribution in [0.25, 0.3) is 10.4 Å². The molecule has 17 heavy (non-hydrogen) atoms. The molecule has 1 heterocycles. The van der Waals surface area contributed by atoms with Crippen LogP contribution in [0.1, 0.15) is 21.7 Å². The summed E-state index contributed by atoms with van der Waals surface area (Å²) in [5.41, 5.74) is 10.8. The molecule has 1 aromatic heterocycles.